The standard InChI is InChI=1S/C17H19BrN2O/c1-11-15(9-10-16(18)19-11)20-17(12-3-4-12)13-5-7-14(21-2)8-6-13/h5-10,12,17,20H,3-4H2,1-2H3. The highest BCUT2D eigenvalue weighted by Gasteiger charge is 2.32. The third-order valence-corrected chi connectivity index (χ3v) is 4.37. The molecule has 1 unspecified atom stereocenters. The van der Waals surface area contributed by atoms with Crippen LogP contribution in [0.25, 0.3) is 0 Å². The quantitative estimate of drug-likeness (QED) is 0.795. The Morgan fingerprint density at radius 1 is 1.19 bits per heavy atom. The van der Waals surface area contributed by atoms with Crippen molar-refractivity contribution in [1.82, 2.24) is 4.98 Å². The highest BCUT2D eigenvalue weighted by molar-refractivity contribution is 9.10. The van der Waals surface area contributed by atoms with E-state index in [1.165, 1.54) is 18.4 Å². The van der Waals surface area contributed by atoms with E-state index in [9.17, 15) is 0 Å². The summed E-state index contributed by atoms with van der Waals surface area (Å²) in [6, 6.07) is 12.8. The molecular formula is C17H19BrN2O. The minimum Gasteiger partial charge on any atom is -0.497 e. The lowest BCUT2D eigenvalue weighted by atomic mass is 10.0. The Bertz CT molecular complexity index is 623. The molecule has 1 saturated carbocycles. The number of hydrogen-bond donors (Lipinski definition) is 1. The Balaban J connectivity index is 1.84. The lowest BCUT2D eigenvalue weighted by Crippen LogP contribution is -2.14. The minimum absolute atomic E-state index is 0.345. The normalized spacial score (nSPS) is 15.6. The number of pyridine rings is 1. The molecule has 2 aromatic rings. The van der Waals surface area contributed by atoms with E-state index in [-0.39, 0.29) is 0 Å². The van der Waals surface area contributed by atoms with Gasteiger partial charge in [0.15, 0.2) is 0 Å². The van der Waals surface area contributed by atoms with Crippen LogP contribution in [0.5, 0.6) is 5.75 Å². The summed E-state index contributed by atoms with van der Waals surface area (Å²) < 4.78 is 6.11. The van der Waals surface area contributed by atoms with Gasteiger partial charge in [-0.1, -0.05) is 12.1 Å². The second-order valence-electron chi connectivity index (χ2n) is 5.50. The number of rotatable bonds is 5. The molecule has 21 heavy (non-hydrogen) atoms. The fourth-order valence-electron chi connectivity index (χ4n) is 2.56. The van der Waals surface area contributed by atoms with Crippen molar-refractivity contribution < 1.29 is 4.74 Å². The van der Waals surface area contributed by atoms with E-state index in [1.807, 2.05) is 25.1 Å². The Morgan fingerprint density at radius 3 is 2.48 bits per heavy atom. The summed E-state index contributed by atoms with van der Waals surface area (Å²) in [5, 5.41) is 3.67. The molecule has 110 valence electrons. The molecule has 1 N–H and O–H groups in total. The number of halogens is 1. The van der Waals surface area contributed by atoms with Gasteiger partial charge in [0.25, 0.3) is 0 Å². The maximum atomic E-state index is 5.24. The average molecular weight is 347 g/mol. The van der Waals surface area contributed by atoms with E-state index >= 15 is 0 Å². The number of nitrogens with zero attached hydrogens (tertiary/aromatic N) is 1. The number of benzene rings is 1. The molecule has 0 saturated heterocycles. The van der Waals surface area contributed by atoms with Crippen molar-refractivity contribution in [3.8, 4) is 5.75 Å². The minimum atomic E-state index is 0.345. The van der Waals surface area contributed by atoms with Gasteiger partial charge in [-0.15, -0.1) is 0 Å². The number of anilines is 1. The van der Waals surface area contributed by atoms with Crippen LogP contribution in [0.4, 0.5) is 5.69 Å². The Labute approximate surface area is 133 Å². The monoisotopic (exact) mass is 346 g/mol. The van der Waals surface area contributed by atoms with Crippen molar-refractivity contribution in [3.63, 3.8) is 0 Å². The van der Waals surface area contributed by atoms with Gasteiger partial charge in [-0.3, -0.25) is 0 Å². The third kappa shape index (κ3) is 3.38. The molecule has 3 nitrogen and oxygen atoms in total. The van der Waals surface area contributed by atoms with E-state index in [2.05, 4.69) is 44.4 Å². The number of hydrogen-bond acceptors (Lipinski definition) is 3. The highest BCUT2D eigenvalue weighted by atomic mass is 79.9. The zero-order valence-corrected chi connectivity index (χ0v) is 13.9. The molecule has 1 aliphatic carbocycles. The van der Waals surface area contributed by atoms with Crippen molar-refractivity contribution >= 4 is 21.6 Å². The van der Waals surface area contributed by atoms with Crippen LogP contribution in [-0.4, -0.2) is 12.1 Å². The molecular weight excluding hydrogens is 328 g/mol. The maximum Gasteiger partial charge on any atom is 0.118 e. The van der Waals surface area contributed by atoms with Gasteiger partial charge in [-0.25, -0.2) is 4.98 Å². The van der Waals surface area contributed by atoms with E-state index < -0.39 is 0 Å². The van der Waals surface area contributed by atoms with E-state index in [1.54, 1.807) is 7.11 Å². The summed E-state index contributed by atoms with van der Waals surface area (Å²) in [5.74, 6) is 1.61. The highest BCUT2D eigenvalue weighted by Crippen LogP contribution is 2.43. The Kier molecular flexibility index (Phi) is 4.15. The third-order valence-electron chi connectivity index (χ3n) is 3.93. The van der Waals surface area contributed by atoms with E-state index in [4.69, 9.17) is 4.74 Å². The zero-order valence-electron chi connectivity index (χ0n) is 12.3. The van der Waals surface area contributed by atoms with Crippen molar-refractivity contribution in [2.75, 3.05) is 12.4 Å². The second-order valence-corrected chi connectivity index (χ2v) is 6.31. The zero-order chi connectivity index (χ0) is 14.8. The van der Waals surface area contributed by atoms with Crippen molar-refractivity contribution in [3.05, 3.63) is 52.3 Å². The van der Waals surface area contributed by atoms with Gasteiger partial charge in [0.1, 0.15) is 10.4 Å². The number of methoxy groups -OCH3 is 1. The predicted octanol–water partition coefficient (Wildman–Crippen LogP) is 4.72. The fourth-order valence-corrected chi connectivity index (χ4v) is 2.96. The fraction of sp³-hybridized carbons (Fsp3) is 0.353. The van der Waals surface area contributed by atoms with Crippen molar-refractivity contribution in [2.45, 2.75) is 25.8 Å². The number of aryl methyl sites for hydroxylation is 1. The molecule has 1 aromatic carbocycles. The molecule has 4 heteroatoms. The van der Waals surface area contributed by atoms with Gasteiger partial charge in [-0.05, 0) is 71.4 Å². The van der Waals surface area contributed by atoms with Gasteiger partial charge in [0, 0.05) is 0 Å². The summed E-state index contributed by atoms with van der Waals surface area (Å²) >= 11 is 3.41. The SMILES string of the molecule is COc1ccc(C(Nc2ccc(Br)nc2C)C2CC2)cc1. The molecule has 0 amide bonds. The Hall–Kier alpha value is -1.55. The molecule has 0 spiro atoms. The van der Waals surface area contributed by atoms with E-state index in [0.29, 0.717) is 12.0 Å². The first-order valence-corrected chi connectivity index (χ1v) is 8.00. The average Bonchev–Trinajstić information content (AvgIpc) is 3.31. The Morgan fingerprint density at radius 2 is 1.90 bits per heavy atom. The topological polar surface area (TPSA) is 34.1 Å². The molecule has 1 fully saturated rings. The van der Waals surface area contributed by atoms with Crippen LogP contribution < -0.4 is 10.1 Å². The summed E-state index contributed by atoms with van der Waals surface area (Å²) in [5.41, 5.74) is 3.43. The first-order chi connectivity index (χ1) is 10.2. The first-order valence-electron chi connectivity index (χ1n) is 7.21. The summed E-state index contributed by atoms with van der Waals surface area (Å²) in [6.45, 7) is 2.03. The molecule has 0 bridgehead atoms. The number of nitrogens with one attached hydrogen (secondary N) is 1. The summed E-state index contributed by atoms with van der Waals surface area (Å²) in [6.07, 6.45) is 2.57. The second kappa shape index (κ2) is 6.06. The van der Waals surface area contributed by atoms with Crippen LogP contribution in [0.1, 0.15) is 30.1 Å². The molecule has 3 rings (SSSR count). The molecule has 1 aliphatic rings. The molecule has 0 radical (unpaired) electrons. The van der Waals surface area contributed by atoms with Gasteiger partial charge in [0.05, 0.1) is 24.5 Å². The van der Waals surface area contributed by atoms with Crippen LogP contribution in [0.15, 0.2) is 41.0 Å². The molecule has 1 heterocycles. The molecule has 1 aromatic heterocycles. The van der Waals surface area contributed by atoms with E-state index in [0.717, 1.165) is 21.7 Å². The maximum absolute atomic E-state index is 5.24. The first kappa shape index (κ1) is 14.4. The summed E-state index contributed by atoms with van der Waals surface area (Å²) in [7, 11) is 1.70. The van der Waals surface area contributed by atoms with Crippen LogP contribution in [-0.2, 0) is 0 Å². The van der Waals surface area contributed by atoms with Crippen LogP contribution in [0.2, 0.25) is 0 Å². The van der Waals surface area contributed by atoms with Crippen molar-refractivity contribution in [2.24, 2.45) is 5.92 Å². The largest absolute Gasteiger partial charge is 0.497 e. The predicted molar refractivity (Wildman–Crippen MR) is 88.8 cm³/mol. The number of aromatic nitrogens is 1. The lowest BCUT2D eigenvalue weighted by molar-refractivity contribution is 0.414. The van der Waals surface area contributed by atoms with Gasteiger partial charge >= 0.3 is 0 Å². The van der Waals surface area contributed by atoms with Gasteiger partial charge in [0.2, 0.25) is 0 Å². The molecule has 1 atom stereocenters. The number of ether oxygens (including phenoxy) is 1. The summed E-state index contributed by atoms with van der Waals surface area (Å²) in [4.78, 5) is 4.46. The molecule has 0 aliphatic heterocycles. The van der Waals surface area contributed by atoms with Crippen molar-refractivity contribution in [1.29, 1.82) is 0 Å². The smallest absolute Gasteiger partial charge is 0.118 e. The van der Waals surface area contributed by atoms with Gasteiger partial charge in [-0.2, -0.15) is 0 Å². The van der Waals surface area contributed by atoms with Gasteiger partial charge < -0.3 is 10.1 Å². The van der Waals surface area contributed by atoms with Crippen LogP contribution in [0.3, 0.4) is 0 Å². The van der Waals surface area contributed by atoms with Crippen LogP contribution in [0, 0.1) is 12.8 Å². The lowest BCUT2D eigenvalue weighted by Gasteiger charge is -2.21. The van der Waals surface area contributed by atoms with Crippen LogP contribution >= 0.6 is 15.9 Å².